The van der Waals surface area contributed by atoms with Crippen LogP contribution in [-0.2, 0) is 11.3 Å². The van der Waals surface area contributed by atoms with Crippen LogP contribution >= 0.6 is 11.6 Å². The van der Waals surface area contributed by atoms with Crippen molar-refractivity contribution in [3.63, 3.8) is 0 Å². The Morgan fingerprint density at radius 2 is 2.11 bits per heavy atom. The van der Waals surface area contributed by atoms with Crippen molar-refractivity contribution in [3.8, 4) is 0 Å². The number of anilines is 2. The number of nitrogens with two attached hydrogens (primary N) is 1. The summed E-state index contributed by atoms with van der Waals surface area (Å²) >= 11 is 6.66. The predicted octanol–water partition coefficient (Wildman–Crippen LogP) is 4.85. The molecule has 38 heavy (non-hydrogen) atoms. The van der Waals surface area contributed by atoms with E-state index >= 15 is 0 Å². The van der Waals surface area contributed by atoms with E-state index in [1.54, 1.807) is 12.3 Å². The molecule has 2 atom stereocenters. The Morgan fingerprint density at radius 1 is 1.29 bits per heavy atom. The molecule has 5 rings (SSSR count). The Kier molecular flexibility index (Phi) is 6.81. The summed E-state index contributed by atoms with van der Waals surface area (Å²) in [6.07, 6.45) is 3.68. The largest absolute Gasteiger partial charge is 0.421 e. The molecular formula is C27H29ClN8O2. The number of para-hydroxylation sites is 1. The number of allylic oxidation sites excluding steroid dienone is 1. The topological polar surface area (TPSA) is 135 Å². The quantitative estimate of drug-likeness (QED) is 0.260. The molecule has 0 spiro atoms. The SMILES string of the molecule is CCn1cc(C(C)NC(=O)C2=C(C)NC(Nc3nc4cccc(N)c4o3)=NC2c2ccc(C)cc2Cl)cn1. The van der Waals surface area contributed by atoms with Gasteiger partial charge in [-0.05, 0) is 51.5 Å². The number of aliphatic imine (C=N–C) groups is 1. The number of hydrogen-bond donors (Lipinski definition) is 4. The number of rotatable bonds is 6. The highest BCUT2D eigenvalue weighted by Crippen LogP contribution is 2.36. The third kappa shape index (κ3) is 4.95. The van der Waals surface area contributed by atoms with Crippen LogP contribution in [0, 0.1) is 6.92 Å². The number of hydrogen-bond acceptors (Lipinski definition) is 8. The number of aryl methyl sites for hydroxylation is 2. The first-order chi connectivity index (χ1) is 18.2. The van der Waals surface area contributed by atoms with Crippen molar-refractivity contribution >= 4 is 46.3 Å². The van der Waals surface area contributed by atoms with E-state index in [0.29, 0.717) is 44.6 Å². The number of nitrogens with zero attached hydrogens (tertiary/aromatic N) is 4. The molecule has 4 aromatic rings. The lowest BCUT2D eigenvalue weighted by Crippen LogP contribution is -2.39. The molecule has 0 bridgehead atoms. The highest BCUT2D eigenvalue weighted by molar-refractivity contribution is 6.31. The van der Waals surface area contributed by atoms with Gasteiger partial charge in [-0.3, -0.25) is 14.8 Å². The van der Waals surface area contributed by atoms with E-state index in [0.717, 1.165) is 17.7 Å². The third-order valence-electron chi connectivity index (χ3n) is 6.43. The second kappa shape index (κ2) is 10.2. The summed E-state index contributed by atoms with van der Waals surface area (Å²) in [6, 6.07) is 10.4. The van der Waals surface area contributed by atoms with Crippen LogP contribution in [-0.4, -0.2) is 26.6 Å². The lowest BCUT2D eigenvalue weighted by molar-refractivity contribution is -0.118. The third-order valence-corrected chi connectivity index (χ3v) is 6.76. The molecule has 11 heteroatoms. The Hall–Kier alpha value is -4.31. The van der Waals surface area contributed by atoms with Crippen LogP contribution in [0.15, 0.2) is 69.5 Å². The number of guanidine groups is 1. The van der Waals surface area contributed by atoms with Crippen LogP contribution in [0.3, 0.4) is 0 Å². The van der Waals surface area contributed by atoms with E-state index in [9.17, 15) is 4.79 Å². The van der Waals surface area contributed by atoms with Gasteiger partial charge >= 0.3 is 6.01 Å². The van der Waals surface area contributed by atoms with E-state index in [1.807, 2.05) is 68.9 Å². The summed E-state index contributed by atoms with van der Waals surface area (Å²) in [5.74, 6) is 0.105. The number of halogens is 1. The fourth-order valence-corrected chi connectivity index (χ4v) is 4.71. The zero-order valence-electron chi connectivity index (χ0n) is 21.5. The van der Waals surface area contributed by atoms with Crippen LogP contribution in [0.4, 0.5) is 11.7 Å². The van der Waals surface area contributed by atoms with Gasteiger partial charge in [-0.25, -0.2) is 4.99 Å². The number of benzene rings is 2. The van der Waals surface area contributed by atoms with E-state index in [1.165, 1.54) is 0 Å². The normalized spacial score (nSPS) is 16.2. The minimum atomic E-state index is -0.674. The summed E-state index contributed by atoms with van der Waals surface area (Å²) < 4.78 is 7.63. The van der Waals surface area contributed by atoms with E-state index < -0.39 is 6.04 Å². The lowest BCUT2D eigenvalue weighted by Gasteiger charge is -2.28. The number of carbonyl (C=O) groups excluding carboxylic acids is 1. The predicted molar refractivity (Wildman–Crippen MR) is 149 cm³/mol. The fourth-order valence-electron chi connectivity index (χ4n) is 4.37. The first-order valence-electron chi connectivity index (χ1n) is 12.3. The molecule has 10 nitrogen and oxygen atoms in total. The number of aromatic nitrogens is 3. The van der Waals surface area contributed by atoms with Crippen molar-refractivity contribution in [1.29, 1.82) is 0 Å². The van der Waals surface area contributed by atoms with Gasteiger partial charge in [0.05, 0.1) is 23.5 Å². The summed E-state index contributed by atoms with van der Waals surface area (Å²) in [7, 11) is 0. The second-order valence-electron chi connectivity index (χ2n) is 9.23. The Balaban J connectivity index is 1.47. The van der Waals surface area contributed by atoms with Crippen molar-refractivity contribution in [2.24, 2.45) is 4.99 Å². The molecule has 3 heterocycles. The number of nitrogens with one attached hydrogen (secondary N) is 3. The molecule has 196 valence electrons. The van der Waals surface area contributed by atoms with Gasteiger partial charge in [0.15, 0.2) is 5.58 Å². The maximum Gasteiger partial charge on any atom is 0.302 e. The Labute approximate surface area is 225 Å². The van der Waals surface area contributed by atoms with E-state index in [4.69, 9.17) is 26.7 Å². The maximum atomic E-state index is 13.6. The molecule has 1 aliphatic heterocycles. The van der Waals surface area contributed by atoms with Crippen molar-refractivity contribution in [2.45, 2.75) is 46.3 Å². The first kappa shape index (κ1) is 25.3. The van der Waals surface area contributed by atoms with Gasteiger partial charge in [-0.2, -0.15) is 10.1 Å². The maximum absolute atomic E-state index is 13.6. The van der Waals surface area contributed by atoms with Gasteiger partial charge in [0.2, 0.25) is 5.96 Å². The number of amides is 1. The molecule has 1 amide bonds. The summed E-state index contributed by atoms with van der Waals surface area (Å²) in [5.41, 5.74) is 11.3. The number of carbonyl (C=O) groups is 1. The Morgan fingerprint density at radius 3 is 2.82 bits per heavy atom. The average Bonchev–Trinajstić information content (AvgIpc) is 3.51. The standard InChI is InChI=1S/C27H29ClN8O2/c1-5-36-13-17(12-30-36)15(3)31-25(37)22-16(4)32-26(34-23(22)18-10-9-14(2)11-19(18)28)35-27-33-21-8-6-7-20(29)24(21)38-27/h6-13,15,23H,5,29H2,1-4H3,(H,31,37)(H2,32,33,34,35). The molecule has 0 radical (unpaired) electrons. The summed E-state index contributed by atoms with van der Waals surface area (Å²) in [6.45, 7) is 8.46. The number of nitrogen functional groups attached to an aromatic ring is 1. The van der Waals surface area contributed by atoms with Crippen molar-refractivity contribution < 1.29 is 9.21 Å². The minimum Gasteiger partial charge on any atom is -0.421 e. The summed E-state index contributed by atoms with van der Waals surface area (Å²) in [4.78, 5) is 22.9. The van der Waals surface area contributed by atoms with Gasteiger partial charge in [-0.15, -0.1) is 0 Å². The first-order valence-corrected chi connectivity index (χ1v) is 12.7. The van der Waals surface area contributed by atoms with Gasteiger partial charge in [0.25, 0.3) is 5.91 Å². The number of fused-ring (bicyclic) bond motifs is 1. The second-order valence-corrected chi connectivity index (χ2v) is 9.64. The highest BCUT2D eigenvalue weighted by atomic mass is 35.5. The average molecular weight is 533 g/mol. The molecule has 1 aliphatic rings. The van der Waals surface area contributed by atoms with E-state index in [2.05, 4.69) is 26.0 Å². The number of oxazole rings is 1. The zero-order valence-corrected chi connectivity index (χ0v) is 22.3. The lowest BCUT2D eigenvalue weighted by atomic mass is 9.94. The van der Waals surface area contributed by atoms with Gasteiger partial charge in [0.1, 0.15) is 11.6 Å². The van der Waals surface area contributed by atoms with Crippen molar-refractivity contribution in [2.75, 3.05) is 11.1 Å². The van der Waals surface area contributed by atoms with Crippen LogP contribution in [0.2, 0.25) is 5.02 Å². The Bertz CT molecular complexity index is 1580. The molecular weight excluding hydrogens is 504 g/mol. The van der Waals surface area contributed by atoms with E-state index in [-0.39, 0.29) is 18.0 Å². The molecule has 2 aromatic carbocycles. The van der Waals surface area contributed by atoms with Crippen molar-refractivity contribution in [3.05, 3.63) is 81.8 Å². The molecule has 2 unspecified atom stereocenters. The monoisotopic (exact) mass is 532 g/mol. The van der Waals surface area contributed by atoms with Gasteiger partial charge in [0, 0.05) is 34.6 Å². The van der Waals surface area contributed by atoms with Gasteiger partial charge < -0.3 is 20.8 Å². The van der Waals surface area contributed by atoms with Crippen LogP contribution in [0.5, 0.6) is 0 Å². The molecule has 0 saturated carbocycles. The summed E-state index contributed by atoms with van der Waals surface area (Å²) in [5, 5.41) is 14.2. The van der Waals surface area contributed by atoms with Crippen LogP contribution < -0.4 is 21.7 Å². The highest BCUT2D eigenvalue weighted by Gasteiger charge is 2.32. The molecule has 2 aromatic heterocycles. The zero-order chi connectivity index (χ0) is 27.0. The molecule has 0 fully saturated rings. The molecule has 5 N–H and O–H groups in total. The molecule has 0 aliphatic carbocycles. The smallest absolute Gasteiger partial charge is 0.302 e. The van der Waals surface area contributed by atoms with Crippen LogP contribution in [0.25, 0.3) is 11.1 Å². The minimum absolute atomic E-state index is 0.222. The van der Waals surface area contributed by atoms with Gasteiger partial charge in [-0.1, -0.05) is 29.8 Å². The fraction of sp³-hybridized carbons (Fsp3) is 0.259. The van der Waals surface area contributed by atoms with Crippen molar-refractivity contribution in [1.82, 2.24) is 25.4 Å². The van der Waals surface area contributed by atoms with Crippen LogP contribution in [0.1, 0.15) is 49.5 Å². The molecule has 0 saturated heterocycles.